The number of rotatable bonds is 2. The Morgan fingerprint density at radius 3 is 2.00 bits per heavy atom. The van der Waals surface area contributed by atoms with E-state index in [1.165, 1.54) is 0 Å². The van der Waals surface area contributed by atoms with Gasteiger partial charge in [0.15, 0.2) is 0 Å². The van der Waals surface area contributed by atoms with Crippen molar-refractivity contribution in [1.82, 2.24) is 4.90 Å². The molecule has 0 aromatic heterocycles. The molecule has 1 rings (SSSR count). The van der Waals surface area contributed by atoms with E-state index in [-0.39, 0.29) is 16.8 Å². The SMILES string of the molecule is CN(Cc1ccc(C(C)(C)C)cc1F)C(C)(C)C. The van der Waals surface area contributed by atoms with E-state index in [4.69, 9.17) is 0 Å². The van der Waals surface area contributed by atoms with Gasteiger partial charge in [-0.15, -0.1) is 0 Å². The van der Waals surface area contributed by atoms with Gasteiger partial charge in [-0.3, -0.25) is 4.90 Å². The van der Waals surface area contributed by atoms with E-state index in [0.717, 1.165) is 11.1 Å². The Hall–Kier alpha value is -0.890. The standard InChI is InChI=1S/C16H26FN/c1-15(2,3)13-9-8-12(14(17)10-13)11-18(7)16(4,5)6/h8-10H,11H2,1-7H3. The van der Waals surface area contributed by atoms with E-state index in [2.05, 4.69) is 46.4 Å². The predicted octanol–water partition coefficient (Wildman–Crippen LogP) is 4.35. The molecule has 0 unspecified atom stereocenters. The summed E-state index contributed by atoms with van der Waals surface area (Å²) in [6.07, 6.45) is 0. The van der Waals surface area contributed by atoms with Crippen LogP contribution in [0.5, 0.6) is 0 Å². The smallest absolute Gasteiger partial charge is 0.127 e. The van der Waals surface area contributed by atoms with Gasteiger partial charge in [-0.1, -0.05) is 32.9 Å². The summed E-state index contributed by atoms with van der Waals surface area (Å²) in [4.78, 5) is 2.15. The second-order valence-electron chi connectivity index (χ2n) is 7.08. The molecule has 0 aliphatic rings. The third-order valence-electron chi connectivity index (χ3n) is 3.47. The van der Waals surface area contributed by atoms with Gasteiger partial charge in [0, 0.05) is 17.6 Å². The highest BCUT2D eigenvalue weighted by Crippen LogP contribution is 2.25. The molecule has 0 radical (unpaired) electrons. The Morgan fingerprint density at radius 1 is 1.06 bits per heavy atom. The first kappa shape index (κ1) is 15.2. The molecule has 0 saturated heterocycles. The summed E-state index contributed by atoms with van der Waals surface area (Å²) in [6.45, 7) is 13.3. The molecule has 0 aliphatic carbocycles. The van der Waals surface area contributed by atoms with Crippen molar-refractivity contribution in [3.05, 3.63) is 35.1 Å². The van der Waals surface area contributed by atoms with Gasteiger partial charge >= 0.3 is 0 Å². The molecule has 0 heterocycles. The van der Waals surface area contributed by atoms with Crippen molar-refractivity contribution in [1.29, 1.82) is 0 Å². The Balaban J connectivity index is 2.94. The van der Waals surface area contributed by atoms with Gasteiger partial charge in [-0.2, -0.15) is 0 Å². The molecule has 1 nitrogen and oxygen atoms in total. The molecule has 0 bridgehead atoms. The van der Waals surface area contributed by atoms with E-state index in [0.29, 0.717) is 6.54 Å². The minimum absolute atomic E-state index is 0.00466. The lowest BCUT2D eigenvalue weighted by atomic mass is 9.86. The van der Waals surface area contributed by atoms with Crippen molar-refractivity contribution in [2.24, 2.45) is 0 Å². The quantitative estimate of drug-likeness (QED) is 0.755. The molecule has 1 aromatic rings. The zero-order valence-electron chi connectivity index (χ0n) is 12.8. The van der Waals surface area contributed by atoms with Crippen LogP contribution in [0.1, 0.15) is 52.7 Å². The molecule has 0 saturated carbocycles. The lowest BCUT2D eigenvalue weighted by Crippen LogP contribution is -2.37. The predicted molar refractivity (Wildman–Crippen MR) is 76.3 cm³/mol. The fourth-order valence-electron chi connectivity index (χ4n) is 1.63. The van der Waals surface area contributed by atoms with Crippen molar-refractivity contribution in [2.75, 3.05) is 7.05 Å². The number of halogens is 1. The van der Waals surface area contributed by atoms with Crippen LogP contribution in [0.15, 0.2) is 18.2 Å². The largest absolute Gasteiger partial charge is 0.297 e. The van der Waals surface area contributed by atoms with Crippen LogP contribution in [0.3, 0.4) is 0 Å². The van der Waals surface area contributed by atoms with Crippen LogP contribution >= 0.6 is 0 Å². The Morgan fingerprint density at radius 2 is 1.61 bits per heavy atom. The van der Waals surface area contributed by atoms with Gasteiger partial charge in [-0.25, -0.2) is 4.39 Å². The van der Waals surface area contributed by atoms with Crippen LogP contribution in [0.25, 0.3) is 0 Å². The summed E-state index contributed by atoms with van der Waals surface area (Å²) in [5.74, 6) is -0.0986. The summed E-state index contributed by atoms with van der Waals surface area (Å²) in [6, 6.07) is 5.62. The topological polar surface area (TPSA) is 3.24 Å². The Bertz CT molecular complexity index is 410. The summed E-state index contributed by atoms with van der Waals surface area (Å²) in [5, 5.41) is 0. The number of nitrogens with zero attached hydrogens (tertiary/aromatic N) is 1. The Kier molecular flexibility index (Phi) is 4.22. The number of benzene rings is 1. The van der Waals surface area contributed by atoms with E-state index in [1.807, 2.05) is 19.2 Å². The van der Waals surface area contributed by atoms with Gasteiger partial charge in [0.2, 0.25) is 0 Å². The summed E-state index contributed by atoms with van der Waals surface area (Å²) in [5.41, 5.74) is 1.85. The molecule has 1 aromatic carbocycles. The maximum atomic E-state index is 14.1. The first-order chi connectivity index (χ1) is 8.01. The lowest BCUT2D eigenvalue weighted by Gasteiger charge is -2.32. The minimum atomic E-state index is -0.0986. The molecule has 0 atom stereocenters. The van der Waals surface area contributed by atoms with E-state index in [9.17, 15) is 4.39 Å². The van der Waals surface area contributed by atoms with E-state index < -0.39 is 0 Å². The average Bonchev–Trinajstić information content (AvgIpc) is 2.17. The highest BCUT2D eigenvalue weighted by molar-refractivity contribution is 5.29. The van der Waals surface area contributed by atoms with Gasteiger partial charge in [-0.05, 0) is 44.9 Å². The monoisotopic (exact) mass is 251 g/mol. The third-order valence-corrected chi connectivity index (χ3v) is 3.47. The summed E-state index contributed by atoms with van der Waals surface area (Å²) < 4.78 is 14.1. The average molecular weight is 251 g/mol. The maximum absolute atomic E-state index is 14.1. The van der Waals surface area contributed by atoms with Crippen LogP contribution in [-0.4, -0.2) is 17.5 Å². The van der Waals surface area contributed by atoms with Crippen molar-refractivity contribution < 1.29 is 4.39 Å². The molecular formula is C16H26FN. The van der Waals surface area contributed by atoms with Gasteiger partial charge in [0.1, 0.15) is 5.82 Å². The fraction of sp³-hybridized carbons (Fsp3) is 0.625. The van der Waals surface area contributed by atoms with Crippen molar-refractivity contribution in [3.8, 4) is 0 Å². The zero-order chi connectivity index (χ0) is 14.1. The van der Waals surface area contributed by atoms with Gasteiger partial charge in [0.05, 0.1) is 0 Å². The molecule has 0 spiro atoms. The molecular weight excluding hydrogens is 225 g/mol. The second-order valence-corrected chi connectivity index (χ2v) is 7.08. The third kappa shape index (κ3) is 3.81. The minimum Gasteiger partial charge on any atom is -0.297 e. The molecule has 0 aliphatic heterocycles. The molecule has 0 amide bonds. The summed E-state index contributed by atoms with van der Waals surface area (Å²) in [7, 11) is 2.02. The first-order valence-electron chi connectivity index (χ1n) is 6.52. The highest BCUT2D eigenvalue weighted by Gasteiger charge is 2.20. The van der Waals surface area contributed by atoms with Gasteiger partial charge < -0.3 is 0 Å². The normalized spacial score (nSPS) is 13.2. The molecule has 0 fully saturated rings. The van der Waals surface area contributed by atoms with E-state index in [1.54, 1.807) is 6.07 Å². The highest BCUT2D eigenvalue weighted by atomic mass is 19.1. The van der Waals surface area contributed by atoms with Gasteiger partial charge in [0.25, 0.3) is 0 Å². The molecule has 102 valence electrons. The van der Waals surface area contributed by atoms with Crippen molar-refractivity contribution >= 4 is 0 Å². The fourth-order valence-corrected chi connectivity index (χ4v) is 1.63. The second kappa shape index (κ2) is 5.00. The molecule has 0 N–H and O–H groups in total. The first-order valence-corrected chi connectivity index (χ1v) is 6.52. The van der Waals surface area contributed by atoms with Crippen LogP contribution < -0.4 is 0 Å². The van der Waals surface area contributed by atoms with Crippen molar-refractivity contribution in [2.45, 2.75) is 59.0 Å². The van der Waals surface area contributed by atoms with Crippen LogP contribution in [0.4, 0.5) is 4.39 Å². The van der Waals surface area contributed by atoms with Crippen molar-refractivity contribution in [3.63, 3.8) is 0 Å². The van der Waals surface area contributed by atoms with Crippen LogP contribution in [0, 0.1) is 5.82 Å². The molecule has 2 heteroatoms. The number of hydrogen-bond acceptors (Lipinski definition) is 1. The lowest BCUT2D eigenvalue weighted by molar-refractivity contribution is 0.165. The van der Waals surface area contributed by atoms with Crippen LogP contribution in [0.2, 0.25) is 0 Å². The summed E-state index contributed by atoms with van der Waals surface area (Å²) >= 11 is 0. The zero-order valence-corrected chi connectivity index (χ0v) is 12.8. The Labute approximate surface area is 111 Å². The van der Waals surface area contributed by atoms with E-state index >= 15 is 0 Å². The van der Waals surface area contributed by atoms with Crippen LogP contribution in [-0.2, 0) is 12.0 Å². The maximum Gasteiger partial charge on any atom is 0.127 e. The number of hydrogen-bond donors (Lipinski definition) is 0. The molecule has 18 heavy (non-hydrogen) atoms.